The Balaban J connectivity index is 1.59. The zero-order valence-electron chi connectivity index (χ0n) is 21.7. The van der Waals surface area contributed by atoms with Gasteiger partial charge in [-0.2, -0.15) is 0 Å². The summed E-state index contributed by atoms with van der Waals surface area (Å²) in [6.07, 6.45) is 9.17. The molecule has 0 N–H and O–H groups in total. The Hall–Kier alpha value is -3.86. The van der Waals surface area contributed by atoms with Crippen LogP contribution in [0.25, 0.3) is 6.08 Å². The van der Waals surface area contributed by atoms with Gasteiger partial charge in [-0.3, -0.25) is 4.79 Å². The van der Waals surface area contributed by atoms with Gasteiger partial charge in [-0.25, -0.2) is 4.79 Å². The summed E-state index contributed by atoms with van der Waals surface area (Å²) in [5.41, 5.74) is 3.77. The first-order valence-electron chi connectivity index (χ1n) is 12.8. The van der Waals surface area contributed by atoms with Crippen LogP contribution in [0.5, 0.6) is 5.75 Å². The molecule has 0 aromatic heterocycles. The third-order valence-electron chi connectivity index (χ3n) is 6.18. The molecule has 5 heteroatoms. The smallest absolute Gasteiger partial charge is 0.337 e. The third-order valence-corrected chi connectivity index (χ3v) is 6.18. The van der Waals surface area contributed by atoms with Crippen molar-refractivity contribution in [1.82, 2.24) is 0 Å². The molecule has 0 radical (unpaired) electrons. The molecule has 3 aromatic carbocycles. The lowest BCUT2D eigenvalue weighted by Gasteiger charge is -2.13. The molecule has 194 valence electrons. The number of ether oxygens (including phenoxy) is 3. The Morgan fingerprint density at radius 2 is 1.57 bits per heavy atom. The van der Waals surface area contributed by atoms with E-state index in [4.69, 9.17) is 14.2 Å². The molecule has 0 bridgehead atoms. The van der Waals surface area contributed by atoms with Crippen LogP contribution >= 0.6 is 0 Å². The second-order valence-corrected chi connectivity index (χ2v) is 8.98. The Morgan fingerprint density at radius 3 is 2.35 bits per heavy atom. The molecule has 0 spiro atoms. The summed E-state index contributed by atoms with van der Waals surface area (Å²) in [6, 6.07) is 25.8. The summed E-state index contributed by atoms with van der Waals surface area (Å²) >= 11 is 0. The van der Waals surface area contributed by atoms with Crippen molar-refractivity contribution in [3.8, 4) is 5.75 Å². The van der Waals surface area contributed by atoms with Crippen molar-refractivity contribution in [2.24, 2.45) is 5.92 Å². The largest absolute Gasteiger partial charge is 0.493 e. The lowest BCUT2D eigenvalue weighted by molar-refractivity contribution is -0.141. The van der Waals surface area contributed by atoms with Crippen LogP contribution in [0.4, 0.5) is 0 Å². The minimum absolute atomic E-state index is 0.105. The number of benzene rings is 3. The minimum atomic E-state index is -0.381. The van der Waals surface area contributed by atoms with Crippen LogP contribution in [-0.2, 0) is 27.1 Å². The minimum Gasteiger partial charge on any atom is -0.493 e. The molecule has 1 atom stereocenters. The number of allylic oxidation sites excluding steroid dienone is 1. The van der Waals surface area contributed by atoms with E-state index in [-0.39, 0.29) is 24.3 Å². The van der Waals surface area contributed by atoms with E-state index in [9.17, 15) is 9.59 Å². The zero-order chi connectivity index (χ0) is 26.3. The van der Waals surface area contributed by atoms with Crippen LogP contribution in [0.15, 0.2) is 84.9 Å². The van der Waals surface area contributed by atoms with Crippen LogP contribution in [-0.4, -0.2) is 32.8 Å². The maximum atomic E-state index is 12.1. The Morgan fingerprint density at radius 1 is 0.811 bits per heavy atom. The Kier molecular flexibility index (Phi) is 11.5. The van der Waals surface area contributed by atoms with Crippen molar-refractivity contribution in [3.63, 3.8) is 0 Å². The highest BCUT2D eigenvalue weighted by Crippen LogP contribution is 2.23. The van der Waals surface area contributed by atoms with Crippen LogP contribution in [0, 0.1) is 5.92 Å². The van der Waals surface area contributed by atoms with Crippen LogP contribution in [0.1, 0.15) is 52.7 Å². The van der Waals surface area contributed by atoms with E-state index in [0.29, 0.717) is 18.6 Å². The van der Waals surface area contributed by atoms with Gasteiger partial charge < -0.3 is 14.2 Å². The van der Waals surface area contributed by atoms with E-state index in [0.717, 1.165) is 42.6 Å². The lowest BCUT2D eigenvalue weighted by atomic mass is 9.94. The summed E-state index contributed by atoms with van der Waals surface area (Å²) in [5, 5.41) is 0. The monoisotopic (exact) mass is 500 g/mol. The van der Waals surface area contributed by atoms with Crippen molar-refractivity contribution in [2.75, 3.05) is 20.8 Å². The van der Waals surface area contributed by atoms with E-state index in [2.05, 4.69) is 24.3 Å². The van der Waals surface area contributed by atoms with Gasteiger partial charge in [0.1, 0.15) is 5.75 Å². The van der Waals surface area contributed by atoms with E-state index < -0.39 is 0 Å². The normalized spacial score (nSPS) is 11.7. The number of para-hydroxylation sites is 1. The fourth-order valence-corrected chi connectivity index (χ4v) is 4.18. The summed E-state index contributed by atoms with van der Waals surface area (Å²) < 4.78 is 15.8. The fraction of sp³-hybridized carbons (Fsp3) is 0.312. The maximum absolute atomic E-state index is 12.1. The van der Waals surface area contributed by atoms with Gasteiger partial charge in [0.15, 0.2) is 0 Å². The first-order valence-corrected chi connectivity index (χ1v) is 12.8. The third kappa shape index (κ3) is 9.60. The molecule has 0 saturated carbocycles. The number of rotatable bonds is 14. The van der Waals surface area contributed by atoms with Crippen molar-refractivity contribution >= 4 is 18.0 Å². The van der Waals surface area contributed by atoms with E-state index in [1.807, 2.05) is 54.6 Å². The average Bonchev–Trinajstić information content (AvgIpc) is 2.94. The van der Waals surface area contributed by atoms with Crippen molar-refractivity contribution < 1.29 is 23.8 Å². The standard InChI is InChI=1S/C32H36O5/c1-35-31(33)24-27(22-26-15-11-17-29(23-26)32(34)36-2)19-20-28-16-8-9-18-30(28)37-21-10-4-7-14-25-12-5-3-6-13-25/h3,5-6,8-9,11-13,15-20,23,27H,4,7,10,14,21-22,24H2,1-2H3. The second kappa shape index (κ2) is 15.3. The zero-order valence-corrected chi connectivity index (χ0v) is 21.7. The molecule has 0 amide bonds. The number of unbranched alkanes of at least 4 members (excludes halogenated alkanes) is 2. The molecule has 0 saturated heterocycles. The SMILES string of the molecule is COC(=O)CC(C=Cc1ccccc1OCCCCCc1ccccc1)Cc1cccc(C(=O)OC)c1. The van der Waals surface area contributed by atoms with Gasteiger partial charge in [-0.05, 0) is 67.3 Å². The quantitative estimate of drug-likeness (QED) is 0.182. The number of methoxy groups -OCH3 is 2. The number of aryl methyl sites for hydroxylation is 1. The predicted octanol–water partition coefficient (Wildman–Crippen LogP) is 6.70. The first-order chi connectivity index (χ1) is 18.1. The molecule has 5 nitrogen and oxygen atoms in total. The lowest BCUT2D eigenvalue weighted by Crippen LogP contribution is -2.11. The number of esters is 2. The van der Waals surface area contributed by atoms with Gasteiger partial charge in [0.05, 0.1) is 32.8 Å². The highest BCUT2D eigenvalue weighted by Gasteiger charge is 2.14. The van der Waals surface area contributed by atoms with Crippen LogP contribution < -0.4 is 4.74 Å². The first kappa shape index (κ1) is 27.7. The van der Waals surface area contributed by atoms with Gasteiger partial charge in [-0.15, -0.1) is 0 Å². The molecule has 0 aliphatic rings. The second-order valence-electron chi connectivity index (χ2n) is 8.98. The average molecular weight is 501 g/mol. The molecule has 0 heterocycles. The molecule has 37 heavy (non-hydrogen) atoms. The number of carbonyl (C=O) groups is 2. The maximum Gasteiger partial charge on any atom is 0.337 e. The topological polar surface area (TPSA) is 61.8 Å². The molecular formula is C32H36O5. The molecule has 0 fully saturated rings. The summed E-state index contributed by atoms with van der Waals surface area (Å²) in [5.74, 6) is 0.0598. The molecule has 0 aliphatic carbocycles. The van der Waals surface area contributed by atoms with Gasteiger partial charge in [0, 0.05) is 5.56 Å². The Bertz CT molecular complexity index is 1150. The van der Waals surface area contributed by atoms with E-state index >= 15 is 0 Å². The van der Waals surface area contributed by atoms with Crippen molar-refractivity contribution in [3.05, 3.63) is 107 Å². The van der Waals surface area contributed by atoms with Gasteiger partial charge in [0.2, 0.25) is 0 Å². The van der Waals surface area contributed by atoms with Crippen molar-refractivity contribution in [1.29, 1.82) is 0 Å². The summed E-state index contributed by atoms with van der Waals surface area (Å²) in [7, 11) is 2.76. The Labute approximate surface area is 220 Å². The van der Waals surface area contributed by atoms with Gasteiger partial charge in [-0.1, -0.05) is 72.8 Å². The van der Waals surface area contributed by atoms with Crippen molar-refractivity contribution in [2.45, 2.75) is 38.5 Å². The molecule has 0 aliphatic heterocycles. The summed E-state index contributed by atoms with van der Waals surface area (Å²) in [4.78, 5) is 24.0. The number of hydrogen-bond acceptors (Lipinski definition) is 5. The summed E-state index contributed by atoms with van der Waals surface area (Å²) in [6.45, 7) is 0.658. The number of hydrogen-bond donors (Lipinski definition) is 0. The van der Waals surface area contributed by atoms with Crippen LogP contribution in [0.3, 0.4) is 0 Å². The van der Waals surface area contributed by atoms with Gasteiger partial charge >= 0.3 is 11.9 Å². The highest BCUT2D eigenvalue weighted by atomic mass is 16.5. The molecule has 3 rings (SSSR count). The molecule has 3 aromatic rings. The predicted molar refractivity (Wildman–Crippen MR) is 147 cm³/mol. The van der Waals surface area contributed by atoms with Crippen LogP contribution in [0.2, 0.25) is 0 Å². The molecular weight excluding hydrogens is 464 g/mol. The van der Waals surface area contributed by atoms with E-state index in [1.165, 1.54) is 19.8 Å². The fourth-order valence-electron chi connectivity index (χ4n) is 4.18. The highest BCUT2D eigenvalue weighted by molar-refractivity contribution is 5.89. The number of carbonyl (C=O) groups excluding carboxylic acids is 2. The van der Waals surface area contributed by atoms with E-state index in [1.54, 1.807) is 12.1 Å². The molecule has 1 unspecified atom stereocenters. The van der Waals surface area contributed by atoms with Gasteiger partial charge in [0.25, 0.3) is 0 Å².